The molecule has 1 fully saturated rings. The summed E-state index contributed by atoms with van der Waals surface area (Å²) in [5, 5.41) is 0. The number of Topliss-reactive ketones (excluding diaryl/α,β-unsaturated/α-hetero) is 1. The van der Waals surface area contributed by atoms with Crippen molar-refractivity contribution in [3.8, 4) is 0 Å². The van der Waals surface area contributed by atoms with Crippen molar-refractivity contribution < 1.29 is 14.3 Å². The number of carbonyl (C=O) groups excluding carboxylic acids is 2. The third kappa shape index (κ3) is 3.19. The van der Waals surface area contributed by atoms with E-state index in [2.05, 4.69) is 0 Å². The Hall–Kier alpha value is -1.64. The molecule has 0 saturated heterocycles. The molecule has 3 heteroatoms. The highest BCUT2D eigenvalue weighted by atomic mass is 16.5. The van der Waals surface area contributed by atoms with Crippen molar-refractivity contribution in [3.63, 3.8) is 0 Å². The predicted molar refractivity (Wildman–Crippen MR) is 68.0 cm³/mol. The van der Waals surface area contributed by atoms with Gasteiger partial charge in [-0.05, 0) is 31.2 Å². The molecule has 0 heterocycles. The largest absolute Gasteiger partial charge is 0.465 e. The Bertz CT molecular complexity index is 421. The lowest BCUT2D eigenvalue weighted by Crippen LogP contribution is -2.29. The summed E-state index contributed by atoms with van der Waals surface area (Å²) in [5.41, 5.74) is 0.956. The van der Waals surface area contributed by atoms with Crippen LogP contribution in [0.15, 0.2) is 30.3 Å². The second-order valence-electron chi connectivity index (χ2n) is 4.70. The maximum Gasteiger partial charge on any atom is 0.316 e. The monoisotopic (exact) mass is 246 g/mol. The number of ether oxygens (including phenoxy) is 1. The smallest absolute Gasteiger partial charge is 0.316 e. The van der Waals surface area contributed by atoms with E-state index in [0.717, 1.165) is 18.4 Å². The van der Waals surface area contributed by atoms with Gasteiger partial charge in [0.25, 0.3) is 0 Å². The van der Waals surface area contributed by atoms with Crippen LogP contribution in [0.5, 0.6) is 0 Å². The Labute approximate surface area is 107 Å². The Morgan fingerprint density at radius 3 is 2.50 bits per heavy atom. The summed E-state index contributed by atoms with van der Waals surface area (Å²) in [6.45, 7) is 2.10. The molecule has 0 radical (unpaired) electrons. The van der Waals surface area contributed by atoms with Crippen molar-refractivity contribution in [2.45, 2.75) is 26.2 Å². The van der Waals surface area contributed by atoms with E-state index < -0.39 is 5.92 Å². The van der Waals surface area contributed by atoms with Gasteiger partial charge in [0.1, 0.15) is 5.92 Å². The number of hydrogen-bond acceptors (Lipinski definition) is 3. The standard InChI is InChI=1S/C15H18O3/c1-2-18-15(17)14(12-8-9-12)13(16)10-11-6-4-3-5-7-11/h3-7,12,14H,2,8-10H2,1H3. The number of rotatable bonds is 6. The molecule has 1 saturated carbocycles. The third-order valence-electron chi connectivity index (χ3n) is 3.20. The average Bonchev–Trinajstić information content (AvgIpc) is 3.15. The fraction of sp³-hybridized carbons (Fsp3) is 0.467. The second-order valence-corrected chi connectivity index (χ2v) is 4.70. The van der Waals surface area contributed by atoms with E-state index in [0.29, 0.717) is 13.0 Å². The first-order valence-electron chi connectivity index (χ1n) is 6.45. The number of carbonyl (C=O) groups is 2. The van der Waals surface area contributed by atoms with Crippen LogP contribution >= 0.6 is 0 Å². The van der Waals surface area contributed by atoms with Crippen LogP contribution < -0.4 is 0 Å². The highest BCUT2D eigenvalue weighted by Crippen LogP contribution is 2.38. The summed E-state index contributed by atoms with van der Waals surface area (Å²) in [6, 6.07) is 9.54. The molecule has 1 aromatic carbocycles. The SMILES string of the molecule is CCOC(=O)C(C(=O)Cc1ccccc1)C1CC1. The van der Waals surface area contributed by atoms with Crippen LogP contribution in [0.4, 0.5) is 0 Å². The van der Waals surface area contributed by atoms with Crippen molar-refractivity contribution in [1.29, 1.82) is 0 Å². The first-order valence-corrected chi connectivity index (χ1v) is 6.45. The van der Waals surface area contributed by atoms with Gasteiger partial charge >= 0.3 is 5.97 Å². The summed E-state index contributed by atoms with van der Waals surface area (Å²) in [7, 11) is 0. The second kappa shape index (κ2) is 5.80. The fourth-order valence-corrected chi connectivity index (χ4v) is 2.16. The average molecular weight is 246 g/mol. The van der Waals surface area contributed by atoms with Crippen LogP contribution in [0.2, 0.25) is 0 Å². The molecule has 0 N–H and O–H groups in total. The first kappa shape index (κ1) is 12.8. The maximum atomic E-state index is 12.2. The fourth-order valence-electron chi connectivity index (χ4n) is 2.16. The minimum absolute atomic E-state index is 0.0119. The molecule has 1 aliphatic carbocycles. The molecule has 0 bridgehead atoms. The van der Waals surface area contributed by atoms with Crippen LogP contribution in [0, 0.1) is 11.8 Å². The Kier molecular flexibility index (Phi) is 4.13. The molecule has 1 unspecified atom stereocenters. The van der Waals surface area contributed by atoms with Crippen LogP contribution in [0.25, 0.3) is 0 Å². The van der Waals surface area contributed by atoms with Gasteiger partial charge in [-0.3, -0.25) is 9.59 Å². The zero-order valence-electron chi connectivity index (χ0n) is 10.6. The maximum absolute atomic E-state index is 12.2. The van der Waals surface area contributed by atoms with Crippen molar-refractivity contribution in [1.82, 2.24) is 0 Å². The zero-order valence-corrected chi connectivity index (χ0v) is 10.6. The number of ketones is 1. The van der Waals surface area contributed by atoms with Crippen molar-refractivity contribution in [3.05, 3.63) is 35.9 Å². The lowest BCUT2D eigenvalue weighted by atomic mass is 9.93. The highest BCUT2D eigenvalue weighted by molar-refractivity contribution is 6.00. The number of hydrogen-bond donors (Lipinski definition) is 0. The molecule has 0 aromatic heterocycles. The van der Waals surface area contributed by atoms with E-state index in [-0.39, 0.29) is 17.7 Å². The zero-order chi connectivity index (χ0) is 13.0. The highest BCUT2D eigenvalue weighted by Gasteiger charge is 2.41. The normalized spacial score (nSPS) is 16.1. The van der Waals surface area contributed by atoms with Crippen LogP contribution in [0.3, 0.4) is 0 Å². The molecule has 2 rings (SSSR count). The molecule has 3 nitrogen and oxygen atoms in total. The van der Waals surface area contributed by atoms with E-state index in [4.69, 9.17) is 4.74 Å². The summed E-state index contributed by atoms with van der Waals surface area (Å²) >= 11 is 0. The molecule has 1 aromatic rings. The first-order chi connectivity index (χ1) is 8.72. The van der Waals surface area contributed by atoms with Crippen molar-refractivity contribution in [2.24, 2.45) is 11.8 Å². The summed E-state index contributed by atoms with van der Waals surface area (Å²) in [6.07, 6.45) is 2.24. The molecule has 18 heavy (non-hydrogen) atoms. The molecule has 0 amide bonds. The molecule has 0 spiro atoms. The van der Waals surface area contributed by atoms with Crippen molar-refractivity contribution >= 4 is 11.8 Å². The minimum Gasteiger partial charge on any atom is -0.465 e. The van der Waals surface area contributed by atoms with E-state index >= 15 is 0 Å². The van der Waals surface area contributed by atoms with E-state index in [1.54, 1.807) is 6.92 Å². The van der Waals surface area contributed by atoms with E-state index in [9.17, 15) is 9.59 Å². The van der Waals surface area contributed by atoms with Gasteiger partial charge in [-0.25, -0.2) is 0 Å². The van der Waals surface area contributed by atoms with Crippen LogP contribution in [-0.2, 0) is 20.7 Å². The predicted octanol–water partition coefficient (Wildman–Crippen LogP) is 2.39. The Morgan fingerprint density at radius 2 is 1.94 bits per heavy atom. The number of esters is 1. The molecule has 96 valence electrons. The van der Waals surface area contributed by atoms with Gasteiger partial charge in [0.15, 0.2) is 5.78 Å². The van der Waals surface area contributed by atoms with Crippen molar-refractivity contribution in [2.75, 3.05) is 6.61 Å². The third-order valence-corrected chi connectivity index (χ3v) is 3.20. The summed E-state index contributed by atoms with van der Waals surface area (Å²) in [5.74, 6) is -0.700. The lowest BCUT2D eigenvalue weighted by Gasteiger charge is -2.13. The molecule has 1 aliphatic rings. The van der Waals surface area contributed by atoms with Gasteiger partial charge in [-0.2, -0.15) is 0 Å². The number of benzene rings is 1. The quantitative estimate of drug-likeness (QED) is 0.572. The molecule has 1 atom stereocenters. The van der Waals surface area contributed by atoms with Crippen LogP contribution in [-0.4, -0.2) is 18.4 Å². The lowest BCUT2D eigenvalue weighted by molar-refractivity contribution is -0.152. The van der Waals surface area contributed by atoms with E-state index in [1.807, 2.05) is 30.3 Å². The van der Waals surface area contributed by atoms with Gasteiger partial charge in [0.05, 0.1) is 6.61 Å². The Balaban J connectivity index is 2.02. The summed E-state index contributed by atoms with van der Waals surface area (Å²) in [4.78, 5) is 24.0. The van der Waals surface area contributed by atoms with Gasteiger partial charge in [-0.15, -0.1) is 0 Å². The topological polar surface area (TPSA) is 43.4 Å². The Morgan fingerprint density at radius 1 is 1.28 bits per heavy atom. The minimum atomic E-state index is -0.551. The van der Waals surface area contributed by atoms with Gasteiger partial charge < -0.3 is 4.74 Å². The van der Waals surface area contributed by atoms with Crippen LogP contribution in [0.1, 0.15) is 25.3 Å². The summed E-state index contributed by atoms with van der Waals surface area (Å²) < 4.78 is 5.00. The van der Waals surface area contributed by atoms with Gasteiger partial charge in [0.2, 0.25) is 0 Å². The van der Waals surface area contributed by atoms with Gasteiger partial charge in [-0.1, -0.05) is 30.3 Å². The molecular formula is C15H18O3. The van der Waals surface area contributed by atoms with Gasteiger partial charge in [0, 0.05) is 6.42 Å². The molecule has 0 aliphatic heterocycles. The molecular weight excluding hydrogens is 228 g/mol. The van der Waals surface area contributed by atoms with E-state index in [1.165, 1.54) is 0 Å².